The standard InChI is InChI=1S/C17H17ClN4O2S/c18-13-8-4-7-12(9-13)15-19-14(24-22-15)10-25-17-21-20-16(23-17)11-5-2-1-3-6-11/h4,7-9,11H,1-3,5-6,10H2. The molecule has 1 saturated carbocycles. The Balaban J connectivity index is 1.38. The summed E-state index contributed by atoms with van der Waals surface area (Å²) < 4.78 is 11.1. The van der Waals surface area contributed by atoms with E-state index in [1.165, 1.54) is 31.0 Å². The second kappa shape index (κ2) is 7.58. The molecule has 1 aromatic carbocycles. The molecule has 0 aliphatic heterocycles. The van der Waals surface area contributed by atoms with Gasteiger partial charge in [0.05, 0.1) is 5.75 Å². The second-order valence-electron chi connectivity index (χ2n) is 6.05. The SMILES string of the molecule is Clc1cccc(-c2noc(CSc3nnc(C4CCCCC4)o3)n2)c1. The fourth-order valence-corrected chi connectivity index (χ4v) is 3.77. The van der Waals surface area contributed by atoms with Crippen molar-refractivity contribution < 1.29 is 8.94 Å². The maximum atomic E-state index is 5.99. The van der Waals surface area contributed by atoms with Crippen LogP contribution in [0.2, 0.25) is 5.02 Å². The van der Waals surface area contributed by atoms with Crippen molar-refractivity contribution >= 4 is 23.4 Å². The Morgan fingerprint density at radius 1 is 1.16 bits per heavy atom. The van der Waals surface area contributed by atoms with Crippen LogP contribution in [0.4, 0.5) is 0 Å². The molecule has 0 spiro atoms. The van der Waals surface area contributed by atoms with Crippen LogP contribution in [-0.2, 0) is 5.75 Å². The molecule has 0 saturated heterocycles. The van der Waals surface area contributed by atoms with Crippen LogP contribution in [0.5, 0.6) is 0 Å². The van der Waals surface area contributed by atoms with Gasteiger partial charge in [-0.25, -0.2) is 0 Å². The number of benzene rings is 1. The molecule has 0 amide bonds. The van der Waals surface area contributed by atoms with Crippen LogP contribution < -0.4 is 0 Å². The summed E-state index contributed by atoms with van der Waals surface area (Å²) in [5, 5.41) is 13.5. The van der Waals surface area contributed by atoms with E-state index in [9.17, 15) is 0 Å². The lowest BCUT2D eigenvalue weighted by Gasteiger charge is -2.17. The van der Waals surface area contributed by atoms with Crippen molar-refractivity contribution in [3.8, 4) is 11.4 Å². The smallest absolute Gasteiger partial charge is 0.277 e. The molecule has 25 heavy (non-hydrogen) atoms. The number of hydrogen-bond acceptors (Lipinski definition) is 7. The molecule has 6 nitrogen and oxygen atoms in total. The Morgan fingerprint density at radius 2 is 2.04 bits per heavy atom. The highest BCUT2D eigenvalue weighted by atomic mass is 35.5. The lowest BCUT2D eigenvalue weighted by atomic mass is 9.89. The zero-order valence-electron chi connectivity index (χ0n) is 13.5. The molecule has 0 N–H and O–H groups in total. The van der Waals surface area contributed by atoms with Crippen molar-refractivity contribution in [1.29, 1.82) is 0 Å². The van der Waals surface area contributed by atoms with Gasteiger partial charge in [-0.3, -0.25) is 0 Å². The van der Waals surface area contributed by atoms with Crippen LogP contribution in [0, 0.1) is 0 Å². The summed E-state index contributed by atoms with van der Waals surface area (Å²) in [5.41, 5.74) is 0.824. The molecule has 0 unspecified atom stereocenters. The van der Waals surface area contributed by atoms with Gasteiger partial charge in [0.15, 0.2) is 0 Å². The summed E-state index contributed by atoms with van der Waals surface area (Å²) in [7, 11) is 0. The fourth-order valence-electron chi connectivity index (χ4n) is 2.98. The van der Waals surface area contributed by atoms with Crippen molar-refractivity contribution in [2.24, 2.45) is 0 Å². The van der Waals surface area contributed by atoms with Crippen LogP contribution in [0.15, 0.2) is 38.4 Å². The maximum Gasteiger partial charge on any atom is 0.277 e. The topological polar surface area (TPSA) is 77.8 Å². The van der Waals surface area contributed by atoms with Gasteiger partial charge in [0.2, 0.25) is 17.6 Å². The van der Waals surface area contributed by atoms with E-state index in [-0.39, 0.29) is 0 Å². The highest BCUT2D eigenvalue weighted by molar-refractivity contribution is 7.98. The predicted molar refractivity (Wildman–Crippen MR) is 94.4 cm³/mol. The van der Waals surface area contributed by atoms with E-state index in [4.69, 9.17) is 20.5 Å². The molecule has 8 heteroatoms. The molecule has 130 valence electrons. The fraction of sp³-hybridized carbons (Fsp3) is 0.412. The molecule has 2 heterocycles. The number of aromatic nitrogens is 4. The third-order valence-electron chi connectivity index (χ3n) is 4.25. The summed E-state index contributed by atoms with van der Waals surface area (Å²) in [6.07, 6.45) is 6.06. The van der Waals surface area contributed by atoms with Crippen molar-refractivity contribution in [1.82, 2.24) is 20.3 Å². The molecule has 1 fully saturated rings. The minimum atomic E-state index is 0.411. The minimum absolute atomic E-state index is 0.411. The number of hydrogen-bond donors (Lipinski definition) is 0. The molecule has 0 radical (unpaired) electrons. The first-order chi connectivity index (χ1) is 12.3. The van der Waals surface area contributed by atoms with Gasteiger partial charge in [-0.05, 0) is 25.0 Å². The summed E-state index contributed by atoms with van der Waals surface area (Å²) >= 11 is 7.40. The third kappa shape index (κ3) is 4.04. The molecule has 1 aliphatic rings. The molecular formula is C17H17ClN4O2S. The Morgan fingerprint density at radius 3 is 2.88 bits per heavy atom. The van der Waals surface area contributed by atoms with Gasteiger partial charge < -0.3 is 8.94 Å². The predicted octanol–water partition coefficient (Wildman–Crippen LogP) is 5.11. The first-order valence-electron chi connectivity index (χ1n) is 8.32. The maximum absolute atomic E-state index is 5.99. The van der Waals surface area contributed by atoms with Crippen LogP contribution in [0.25, 0.3) is 11.4 Å². The summed E-state index contributed by atoms with van der Waals surface area (Å²) in [4.78, 5) is 4.39. The number of rotatable bonds is 5. The Labute approximate surface area is 154 Å². The van der Waals surface area contributed by atoms with Gasteiger partial charge in [-0.15, -0.1) is 10.2 Å². The molecular weight excluding hydrogens is 360 g/mol. The first-order valence-corrected chi connectivity index (χ1v) is 9.69. The van der Waals surface area contributed by atoms with E-state index in [1.807, 2.05) is 12.1 Å². The molecule has 1 aliphatic carbocycles. The highest BCUT2D eigenvalue weighted by Gasteiger charge is 2.21. The van der Waals surface area contributed by atoms with E-state index in [2.05, 4.69) is 20.3 Å². The summed E-state index contributed by atoms with van der Waals surface area (Å²) in [6, 6.07) is 7.36. The normalized spacial score (nSPS) is 15.6. The van der Waals surface area contributed by atoms with Crippen LogP contribution in [-0.4, -0.2) is 20.3 Å². The Hall–Kier alpha value is -1.86. The average molecular weight is 377 g/mol. The second-order valence-corrected chi connectivity index (χ2v) is 7.41. The molecule has 0 bridgehead atoms. The van der Waals surface area contributed by atoms with Crippen LogP contribution in [0.3, 0.4) is 0 Å². The lowest BCUT2D eigenvalue weighted by Crippen LogP contribution is -2.04. The Bertz CT molecular complexity index is 845. The van der Waals surface area contributed by atoms with E-state index in [0.29, 0.717) is 33.6 Å². The monoisotopic (exact) mass is 376 g/mol. The van der Waals surface area contributed by atoms with Crippen molar-refractivity contribution in [2.75, 3.05) is 0 Å². The highest BCUT2D eigenvalue weighted by Crippen LogP contribution is 2.33. The van der Waals surface area contributed by atoms with Gasteiger partial charge in [0.1, 0.15) is 0 Å². The van der Waals surface area contributed by atoms with Gasteiger partial charge in [0.25, 0.3) is 5.22 Å². The summed E-state index contributed by atoms with van der Waals surface area (Å²) in [5.74, 6) is 2.68. The van der Waals surface area contributed by atoms with Gasteiger partial charge in [-0.1, -0.05) is 59.9 Å². The average Bonchev–Trinajstić information content (AvgIpc) is 3.30. The third-order valence-corrected chi connectivity index (χ3v) is 5.28. The first kappa shape index (κ1) is 16.6. The number of halogens is 1. The van der Waals surface area contributed by atoms with Gasteiger partial charge in [0, 0.05) is 16.5 Å². The Kier molecular flexibility index (Phi) is 5.03. The van der Waals surface area contributed by atoms with Gasteiger partial charge >= 0.3 is 0 Å². The zero-order chi connectivity index (χ0) is 17.1. The zero-order valence-corrected chi connectivity index (χ0v) is 15.1. The number of thioether (sulfide) groups is 1. The van der Waals surface area contributed by atoms with Gasteiger partial charge in [-0.2, -0.15) is 4.98 Å². The number of nitrogens with zero attached hydrogens (tertiary/aromatic N) is 4. The van der Waals surface area contributed by atoms with E-state index in [1.54, 1.807) is 12.1 Å². The summed E-state index contributed by atoms with van der Waals surface area (Å²) in [6.45, 7) is 0. The molecule has 4 rings (SSSR count). The van der Waals surface area contributed by atoms with Crippen LogP contribution >= 0.6 is 23.4 Å². The molecule has 3 aromatic rings. The van der Waals surface area contributed by atoms with Crippen LogP contribution in [0.1, 0.15) is 49.8 Å². The van der Waals surface area contributed by atoms with Crippen molar-refractivity contribution in [2.45, 2.75) is 49.0 Å². The van der Waals surface area contributed by atoms with E-state index >= 15 is 0 Å². The van der Waals surface area contributed by atoms with Crippen molar-refractivity contribution in [3.05, 3.63) is 41.1 Å². The molecule has 2 aromatic heterocycles. The molecule has 0 atom stereocenters. The van der Waals surface area contributed by atoms with E-state index in [0.717, 1.165) is 24.3 Å². The quantitative estimate of drug-likeness (QED) is 0.572. The van der Waals surface area contributed by atoms with E-state index < -0.39 is 0 Å². The minimum Gasteiger partial charge on any atom is -0.416 e. The largest absolute Gasteiger partial charge is 0.416 e. The lowest BCUT2D eigenvalue weighted by molar-refractivity contribution is 0.334. The van der Waals surface area contributed by atoms with Crippen molar-refractivity contribution in [3.63, 3.8) is 0 Å².